The molecular weight excluding hydrogens is 256 g/mol. The summed E-state index contributed by atoms with van der Waals surface area (Å²) in [6.07, 6.45) is 0. The molecule has 0 fully saturated rings. The van der Waals surface area contributed by atoms with Gasteiger partial charge in [-0.25, -0.2) is 0 Å². The molecule has 2 heteroatoms. The van der Waals surface area contributed by atoms with Gasteiger partial charge < -0.3 is 4.74 Å². The number of halogens is 1. The summed E-state index contributed by atoms with van der Waals surface area (Å²) >= 11 is 6.09. The molecule has 0 saturated heterocycles. The molecule has 0 atom stereocenters. The van der Waals surface area contributed by atoms with Crippen LogP contribution < -0.4 is 4.74 Å². The average molecular weight is 275 g/mol. The highest BCUT2D eigenvalue weighted by Gasteiger charge is 2.18. The zero-order chi connectivity index (χ0) is 13.9. The third-order valence-electron chi connectivity index (χ3n) is 3.01. The third-order valence-corrected chi connectivity index (χ3v) is 3.25. The lowest BCUT2D eigenvalue weighted by Gasteiger charge is -2.23. The molecule has 0 N–H and O–H groups in total. The minimum atomic E-state index is 0.0833. The first-order valence-electron chi connectivity index (χ1n) is 6.43. The first-order chi connectivity index (χ1) is 8.97. The molecule has 2 rings (SSSR count). The van der Waals surface area contributed by atoms with Gasteiger partial charge in [-0.15, -0.1) is 0 Å². The van der Waals surface area contributed by atoms with Crippen LogP contribution in [0, 0.1) is 0 Å². The fourth-order valence-corrected chi connectivity index (χ4v) is 2.29. The Bertz CT molecular complexity index is 541. The van der Waals surface area contributed by atoms with E-state index in [1.54, 1.807) is 0 Å². The number of ether oxygens (including phenoxy) is 1. The van der Waals surface area contributed by atoms with E-state index in [9.17, 15) is 0 Å². The molecule has 0 aliphatic heterocycles. The minimum absolute atomic E-state index is 0.0833. The first-order valence-corrected chi connectivity index (χ1v) is 6.81. The topological polar surface area (TPSA) is 9.23 Å². The Morgan fingerprint density at radius 1 is 1.00 bits per heavy atom. The largest absolute Gasteiger partial charge is 0.489 e. The Morgan fingerprint density at radius 3 is 2.32 bits per heavy atom. The molecule has 19 heavy (non-hydrogen) atoms. The maximum Gasteiger partial charge on any atom is 0.119 e. The van der Waals surface area contributed by atoms with E-state index in [0.29, 0.717) is 6.61 Å². The summed E-state index contributed by atoms with van der Waals surface area (Å²) in [5, 5.41) is 0.750. The molecule has 0 unspecified atom stereocenters. The quantitative estimate of drug-likeness (QED) is 0.746. The predicted molar refractivity (Wildman–Crippen MR) is 80.9 cm³/mol. The van der Waals surface area contributed by atoms with Crippen LogP contribution in [0.2, 0.25) is 5.02 Å². The second kappa shape index (κ2) is 5.66. The first kappa shape index (κ1) is 14.0. The third kappa shape index (κ3) is 3.74. The van der Waals surface area contributed by atoms with E-state index in [-0.39, 0.29) is 5.41 Å². The van der Waals surface area contributed by atoms with Crippen molar-refractivity contribution in [2.75, 3.05) is 0 Å². The number of rotatable bonds is 3. The zero-order valence-electron chi connectivity index (χ0n) is 11.6. The van der Waals surface area contributed by atoms with E-state index in [0.717, 1.165) is 16.3 Å². The van der Waals surface area contributed by atoms with Gasteiger partial charge in [-0.1, -0.05) is 56.6 Å². The molecular formula is C17H19ClO. The molecule has 0 bridgehead atoms. The van der Waals surface area contributed by atoms with Gasteiger partial charge in [0.25, 0.3) is 0 Å². The summed E-state index contributed by atoms with van der Waals surface area (Å²) in [6, 6.07) is 15.9. The van der Waals surface area contributed by atoms with E-state index in [4.69, 9.17) is 16.3 Å². The lowest BCUT2D eigenvalue weighted by atomic mass is 9.84. The van der Waals surface area contributed by atoms with E-state index < -0.39 is 0 Å². The van der Waals surface area contributed by atoms with Gasteiger partial charge >= 0.3 is 0 Å². The standard InChI is InChI=1S/C17H19ClO/c1-17(2,3)16-10-9-14(18)11-13(16)12-19-15-7-5-4-6-8-15/h4-11H,12H2,1-3H3. The van der Waals surface area contributed by atoms with Crippen LogP contribution in [0.3, 0.4) is 0 Å². The van der Waals surface area contributed by atoms with Crippen molar-refractivity contribution in [3.05, 3.63) is 64.7 Å². The summed E-state index contributed by atoms with van der Waals surface area (Å²) in [5.41, 5.74) is 2.50. The normalized spacial score (nSPS) is 11.4. The maximum atomic E-state index is 6.09. The van der Waals surface area contributed by atoms with Crippen LogP contribution in [0.25, 0.3) is 0 Å². The van der Waals surface area contributed by atoms with Crippen LogP contribution in [0.4, 0.5) is 0 Å². The second-order valence-corrected chi connectivity index (χ2v) is 6.09. The lowest BCUT2D eigenvalue weighted by Crippen LogP contribution is -2.15. The Balaban J connectivity index is 2.22. The van der Waals surface area contributed by atoms with Crippen molar-refractivity contribution < 1.29 is 4.74 Å². The Kier molecular flexibility index (Phi) is 4.16. The van der Waals surface area contributed by atoms with Gasteiger partial charge in [0.15, 0.2) is 0 Å². The summed E-state index contributed by atoms with van der Waals surface area (Å²) in [5.74, 6) is 0.877. The number of hydrogen-bond donors (Lipinski definition) is 0. The van der Waals surface area contributed by atoms with Crippen molar-refractivity contribution in [3.8, 4) is 5.75 Å². The smallest absolute Gasteiger partial charge is 0.119 e. The van der Waals surface area contributed by atoms with Gasteiger partial charge in [0.1, 0.15) is 12.4 Å². The Hall–Kier alpha value is -1.47. The molecule has 0 saturated carbocycles. The van der Waals surface area contributed by atoms with Gasteiger partial charge in [0, 0.05) is 5.02 Å². The van der Waals surface area contributed by atoms with Gasteiger partial charge in [0.2, 0.25) is 0 Å². The van der Waals surface area contributed by atoms with E-state index in [1.807, 2.05) is 42.5 Å². The molecule has 0 amide bonds. The highest BCUT2D eigenvalue weighted by molar-refractivity contribution is 6.30. The van der Waals surface area contributed by atoms with E-state index in [1.165, 1.54) is 5.56 Å². The van der Waals surface area contributed by atoms with Crippen molar-refractivity contribution >= 4 is 11.6 Å². The Labute approximate surface area is 120 Å². The maximum absolute atomic E-state index is 6.09. The van der Waals surface area contributed by atoms with Crippen LogP contribution in [0.5, 0.6) is 5.75 Å². The van der Waals surface area contributed by atoms with Gasteiger partial charge in [-0.2, -0.15) is 0 Å². The fraction of sp³-hybridized carbons (Fsp3) is 0.294. The summed E-state index contributed by atoms with van der Waals surface area (Å²) in [6.45, 7) is 7.13. The van der Waals surface area contributed by atoms with Crippen LogP contribution in [-0.4, -0.2) is 0 Å². The molecule has 2 aromatic carbocycles. The number of hydrogen-bond acceptors (Lipinski definition) is 1. The zero-order valence-corrected chi connectivity index (χ0v) is 12.4. The molecule has 100 valence electrons. The summed E-state index contributed by atoms with van der Waals surface area (Å²) in [7, 11) is 0. The number of benzene rings is 2. The SMILES string of the molecule is CC(C)(C)c1ccc(Cl)cc1COc1ccccc1. The molecule has 0 heterocycles. The van der Waals surface area contributed by atoms with Crippen LogP contribution in [0.1, 0.15) is 31.9 Å². The van der Waals surface area contributed by atoms with Gasteiger partial charge in [-0.3, -0.25) is 0 Å². The van der Waals surface area contributed by atoms with Crippen LogP contribution >= 0.6 is 11.6 Å². The highest BCUT2D eigenvalue weighted by Crippen LogP contribution is 2.29. The summed E-state index contributed by atoms with van der Waals surface area (Å²) < 4.78 is 5.82. The van der Waals surface area contributed by atoms with Gasteiger partial charge in [-0.05, 0) is 40.8 Å². The Morgan fingerprint density at radius 2 is 1.68 bits per heavy atom. The lowest BCUT2D eigenvalue weighted by molar-refractivity contribution is 0.303. The van der Waals surface area contributed by atoms with Crippen LogP contribution in [0.15, 0.2) is 48.5 Å². The van der Waals surface area contributed by atoms with Crippen molar-refractivity contribution in [2.45, 2.75) is 32.8 Å². The number of para-hydroxylation sites is 1. The molecule has 2 aromatic rings. The molecule has 0 aromatic heterocycles. The van der Waals surface area contributed by atoms with Gasteiger partial charge in [0.05, 0.1) is 0 Å². The van der Waals surface area contributed by atoms with E-state index in [2.05, 4.69) is 26.8 Å². The molecule has 0 radical (unpaired) electrons. The van der Waals surface area contributed by atoms with Crippen molar-refractivity contribution in [2.24, 2.45) is 0 Å². The second-order valence-electron chi connectivity index (χ2n) is 5.65. The molecule has 0 aliphatic rings. The van der Waals surface area contributed by atoms with Crippen molar-refractivity contribution in [1.29, 1.82) is 0 Å². The monoisotopic (exact) mass is 274 g/mol. The molecule has 0 aliphatic carbocycles. The highest BCUT2D eigenvalue weighted by atomic mass is 35.5. The fourth-order valence-electron chi connectivity index (χ4n) is 2.09. The predicted octanol–water partition coefficient (Wildman–Crippen LogP) is 5.22. The molecule has 0 spiro atoms. The van der Waals surface area contributed by atoms with Crippen LogP contribution in [-0.2, 0) is 12.0 Å². The summed E-state index contributed by atoms with van der Waals surface area (Å²) in [4.78, 5) is 0. The average Bonchev–Trinajstić information content (AvgIpc) is 2.36. The van der Waals surface area contributed by atoms with Crippen molar-refractivity contribution in [1.82, 2.24) is 0 Å². The minimum Gasteiger partial charge on any atom is -0.489 e. The van der Waals surface area contributed by atoms with Crippen molar-refractivity contribution in [3.63, 3.8) is 0 Å². The molecule has 1 nitrogen and oxygen atoms in total. The van der Waals surface area contributed by atoms with E-state index >= 15 is 0 Å².